The Morgan fingerprint density at radius 2 is 1.64 bits per heavy atom. The maximum Gasteiger partial charge on any atom is 0.256 e. The van der Waals surface area contributed by atoms with Crippen molar-refractivity contribution < 1.29 is 22.8 Å². The van der Waals surface area contributed by atoms with Gasteiger partial charge in [-0.3, -0.25) is 9.59 Å². The van der Waals surface area contributed by atoms with Gasteiger partial charge in [-0.2, -0.15) is 0 Å². The zero-order chi connectivity index (χ0) is 20.1. The number of nitrogens with zero attached hydrogens (tertiary/aromatic N) is 1. The molecule has 1 saturated heterocycles. The van der Waals surface area contributed by atoms with E-state index in [1.807, 2.05) is 30.3 Å². The number of piperidine rings is 1. The van der Waals surface area contributed by atoms with Crippen molar-refractivity contribution in [2.45, 2.75) is 18.9 Å². The summed E-state index contributed by atoms with van der Waals surface area (Å²) in [6.07, 6.45) is 4.13. The fourth-order valence-corrected chi connectivity index (χ4v) is 3.07. The van der Waals surface area contributed by atoms with Gasteiger partial charge in [0.2, 0.25) is 5.91 Å². The van der Waals surface area contributed by atoms with E-state index in [1.165, 1.54) is 11.0 Å². The molecule has 1 fully saturated rings. The van der Waals surface area contributed by atoms with Crippen LogP contribution < -0.4 is 5.32 Å². The Labute approximate surface area is 160 Å². The standard InChI is InChI=1S/C21H19F3N2O2/c22-17-8-7-16(19(23)20(17)24)21(28)26-12-10-15(11-13-26)25-18(27)9-6-14-4-2-1-3-5-14/h1-9,15H,10-13H2,(H,25,27)/b9-6+. The Hall–Kier alpha value is -3.09. The number of likely N-dealkylation sites (tertiary alicyclic amines) is 1. The first-order chi connectivity index (χ1) is 13.5. The number of nitrogens with one attached hydrogen (secondary N) is 1. The molecule has 28 heavy (non-hydrogen) atoms. The first-order valence-electron chi connectivity index (χ1n) is 8.92. The van der Waals surface area contributed by atoms with Gasteiger partial charge >= 0.3 is 0 Å². The number of halogens is 3. The third-order valence-electron chi connectivity index (χ3n) is 4.62. The first-order valence-corrected chi connectivity index (χ1v) is 8.92. The van der Waals surface area contributed by atoms with Gasteiger partial charge in [0, 0.05) is 25.2 Å². The van der Waals surface area contributed by atoms with Crippen LogP contribution in [0, 0.1) is 17.5 Å². The maximum atomic E-state index is 13.8. The van der Waals surface area contributed by atoms with E-state index >= 15 is 0 Å². The zero-order valence-corrected chi connectivity index (χ0v) is 15.0. The summed E-state index contributed by atoms with van der Waals surface area (Å²) in [6, 6.07) is 11.0. The number of benzene rings is 2. The molecule has 0 spiro atoms. The molecule has 4 nitrogen and oxygen atoms in total. The molecule has 7 heteroatoms. The van der Waals surface area contributed by atoms with Crippen molar-refractivity contribution in [3.05, 3.63) is 77.1 Å². The van der Waals surface area contributed by atoms with Crippen LogP contribution in [0.5, 0.6) is 0 Å². The van der Waals surface area contributed by atoms with E-state index in [1.54, 1.807) is 6.08 Å². The van der Waals surface area contributed by atoms with Crippen LogP contribution in [0.4, 0.5) is 13.2 Å². The number of hydrogen-bond donors (Lipinski definition) is 1. The molecule has 1 N–H and O–H groups in total. The molecule has 2 aromatic rings. The highest BCUT2D eigenvalue weighted by Crippen LogP contribution is 2.19. The summed E-state index contributed by atoms with van der Waals surface area (Å²) >= 11 is 0. The lowest BCUT2D eigenvalue weighted by atomic mass is 10.0. The molecule has 2 amide bonds. The summed E-state index contributed by atoms with van der Waals surface area (Å²) in [4.78, 5) is 25.8. The van der Waals surface area contributed by atoms with Crippen molar-refractivity contribution in [2.24, 2.45) is 0 Å². The molecular formula is C21H19F3N2O2. The van der Waals surface area contributed by atoms with E-state index in [-0.39, 0.29) is 25.0 Å². The van der Waals surface area contributed by atoms with Gasteiger partial charge < -0.3 is 10.2 Å². The minimum absolute atomic E-state index is 0.119. The summed E-state index contributed by atoms with van der Waals surface area (Å²) in [5, 5.41) is 2.87. The number of carbonyl (C=O) groups is 2. The van der Waals surface area contributed by atoms with Crippen LogP contribution in [0.2, 0.25) is 0 Å². The third-order valence-corrected chi connectivity index (χ3v) is 4.62. The normalized spacial score (nSPS) is 15.0. The first kappa shape index (κ1) is 19.7. The highest BCUT2D eigenvalue weighted by molar-refractivity contribution is 5.94. The highest BCUT2D eigenvalue weighted by atomic mass is 19.2. The molecule has 146 valence electrons. The van der Waals surface area contributed by atoms with Crippen LogP contribution in [0.3, 0.4) is 0 Å². The van der Waals surface area contributed by atoms with E-state index in [0.29, 0.717) is 12.8 Å². The molecule has 1 heterocycles. The second-order valence-electron chi connectivity index (χ2n) is 6.54. The Kier molecular flexibility index (Phi) is 6.13. The van der Waals surface area contributed by atoms with Crippen molar-refractivity contribution in [2.75, 3.05) is 13.1 Å². The van der Waals surface area contributed by atoms with Crippen LogP contribution >= 0.6 is 0 Å². The molecule has 0 saturated carbocycles. The molecule has 0 aliphatic carbocycles. The minimum Gasteiger partial charge on any atom is -0.350 e. The molecule has 0 radical (unpaired) electrons. The third kappa shape index (κ3) is 4.60. The summed E-state index contributed by atoms with van der Waals surface area (Å²) in [6.45, 7) is 0.565. The fourth-order valence-electron chi connectivity index (χ4n) is 3.07. The fraction of sp³-hybridized carbons (Fsp3) is 0.238. The van der Waals surface area contributed by atoms with Crippen LogP contribution in [-0.4, -0.2) is 35.8 Å². The van der Waals surface area contributed by atoms with Crippen molar-refractivity contribution in [3.63, 3.8) is 0 Å². The van der Waals surface area contributed by atoms with Crippen LogP contribution in [0.15, 0.2) is 48.5 Å². The van der Waals surface area contributed by atoms with Crippen molar-refractivity contribution >= 4 is 17.9 Å². The molecule has 0 bridgehead atoms. The summed E-state index contributed by atoms with van der Waals surface area (Å²) < 4.78 is 40.2. The number of hydrogen-bond acceptors (Lipinski definition) is 2. The van der Waals surface area contributed by atoms with E-state index < -0.39 is 28.9 Å². The predicted octanol–water partition coefficient (Wildman–Crippen LogP) is 3.54. The maximum absolute atomic E-state index is 13.8. The van der Waals surface area contributed by atoms with E-state index in [4.69, 9.17) is 0 Å². The average Bonchev–Trinajstić information content (AvgIpc) is 2.71. The van der Waals surface area contributed by atoms with Gasteiger partial charge in [0.1, 0.15) is 0 Å². The summed E-state index contributed by atoms with van der Waals surface area (Å²) in [5.41, 5.74) is 0.416. The van der Waals surface area contributed by atoms with Gasteiger partial charge in [0.05, 0.1) is 5.56 Å². The summed E-state index contributed by atoms with van der Waals surface area (Å²) in [5.74, 6) is -5.39. The van der Waals surface area contributed by atoms with E-state index in [9.17, 15) is 22.8 Å². The lowest BCUT2D eigenvalue weighted by Crippen LogP contribution is -2.46. The van der Waals surface area contributed by atoms with Gasteiger partial charge in [-0.05, 0) is 36.6 Å². The van der Waals surface area contributed by atoms with Gasteiger partial charge in [0.25, 0.3) is 5.91 Å². The quantitative estimate of drug-likeness (QED) is 0.644. The molecule has 1 aliphatic rings. The smallest absolute Gasteiger partial charge is 0.256 e. The second kappa shape index (κ2) is 8.73. The highest BCUT2D eigenvalue weighted by Gasteiger charge is 2.27. The number of amides is 2. The van der Waals surface area contributed by atoms with Crippen LogP contribution in [0.1, 0.15) is 28.8 Å². The minimum atomic E-state index is -1.65. The average molecular weight is 388 g/mol. The summed E-state index contributed by atoms with van der Waals surface area (Å²) in [7, 11) is 0. The topological polar surface area (TPSA) is 49.4 Å². The van der Waals surface area contributed by atoms with E-state index in [0.717, 1.165) is 17.7 Å². The molecular weight excluding hydrogens is 369 g/mol. The Morgan fingerprint density at radius 3 is 2.32 bits per heavy atom. The predicted molar refractivity (Wildman–Crippen MR) is 98.9 cm³/mol. The molecule has 2 aromatic carbocycles. The SMILES string of the molecule is O=C(/C=C/c1ccccc1)NC1CCN(C(=O)c2ccc(F)c(F)c2F)CC1. The second-order valence-corrected chi connectivity index (χ2v) is 6.54. The van der Waals surface area contributed by atoms with Crippen molar-refractivity contribution in [1.29, 1.82) is 0 Å². The monoisotopic (exact) mass is 388 g/mol. The molecule has 1 aliphatic heterocycles. The number of rotatable bonds is 4. The lowest BCUT2D eigenvalue weighted by Gasteiger charge is -2.32. The lowest BCUT2D eigenvalue weighted by molar-refractivity contribution is -0.117. The molecule has 3 rings (SSSR count). The molecule has 0 unspecified atom stereocenters. The van der Waals surface area contributed by atoms with Crippen LogP contribution in [0.25, 0.3) is 6.08 Å². The van der Waals surface area contributed by atoms with Gasteiger partial charge in [-0.1, -0.05) is 30.3 Å². The van der Waals surface area contributed by atoms with Crippen molar-refractivity contribution in [3.8, 4) is 0 Å². The van der Waals surface area contributed by atoms with Gasteiger partial charge in [0.15, 0.2) is 17.5 Å². The van der Waals surface area contributed by atoms with Gasteiger partial charge in [-0.15, -0.1) is 0 Å². The van der Waals surface area contributed by atoms with Crippen LogP contribution in [-0.2, 0) is 4.79 Å². The largest absolute Gasteiger partial charge is 0.350 e. The molecule has 0 aromatic heterocycles. The molecule has 0 atom stereocenters. The Balaban J connectivity index is 1.53. The van der Waals surface area contributed by atoms with E-state index in [2.05, 4.69) is 5.32 Å². The Bertz CT molecular complexity index is 892. The Morgan fingerprint density at radius 1 is 0.964 bits per heavy atom. The van der Waals surface area contributed by atoms with Crippen molar-refractivity contribution in [1.82, 2.24) is 10.2 Å². The van der Waals surface area contributed by atoms with Gasteiger partial charge in [-0.25, -0.2) is 13.2 Å². The number of carbonyl (C=O) groups excluding carboxylic acids is 2. The zero-order valence-electron chi connectivity index (χ0n) is 15.0.